The SMILES string of the molecule is C=CCC[C](c1ccccc1)=[Hf+2]([c]1c(C(C)(C)C)ccc2c1Cc1cc(C(C)(C)C)ccc1-2)[CH]1C=CC=C1.[Cl-].[Cl-]. The van der Waals surface area contributed by atoms with Crippen LogP contribution in [0, 0.1) is 0 Å². The van der Waals surface area contributed by atoms with Crippen LogP contribution in [0.4, 0.5) is 0 Å². The fourth-order valence-corrected chi connectivity index (χ4v) is 19.9. The normalized spacial score (nSPS) is 14.2. The van der Waals surface area contributed by atoms with Crippen LogP contribution >= 0.6 is 0 Å². The van der Waals surface area contributed by atoms with Crippen molar-refractivity contribution < 1.29 is 45.8 Å². The van der Waals surface area contributed by atoms with Crippen LogP contribution in [0.5, 0.6) is 0 Å². The quantitative estimate of drug-likeness (QED) is 0.211. The van der Waals surface area contributed by atoms with Crippen molar-refractivity contribution >= 4 is 6.58 Å². The molecule has 5 rings (SSSR count). The second kappa shape index (κ2) is 13.0. The van der Waals surface area contributed by atoms with Crippen LogP contribution in [0.2, 0.25) is 3.67 Å². The van der Waals surface area contributed by atoms with Gasteiger partial charge >= 0.3 is 239 Å². The first-order valence-electron chi connectivity index (χ1n) is 14.1. The van der Waals surface area contributed by atoms with E-state index in [4.69, 9.17) is 0 Å². The Morgan fingerprint density at radius 2 is 1.50 bits per heavy atom. The van der Waals surface area contributed by atoms with Gasteiger partial charge in [0, 0.05) is 0 Å². The third-order valence-electron chi connectivity index (χ3n) is 8.15. The number of benzene rings is 3. The summed E-state index contributed by atoms with van der Waals surface area (Å²) >= 11 is -2.73. The van der Waals surface area contributed by atoms with E-state index < -0.39 is 21.0 Å². The minimum Gasteiger partial charge on any atom is -1.00 e. The Labute approximate surface area is 262 Å². The first-order valence-corrected chi connectivity index (χ1v) is 19.8. The second-order valence-electron chi connectivity index (χ2n) is 12.9. The van der Waals surface area contributed by atoms with E-state index in [1.165, 1.54) is 27.8 Å². The number of fused-ring (bicyclic) bond motifs is 3. The Balaban J connectivity index is 0.00000220. The molecular weight excluding hydrogens is 694 g/mol. The van der Waals surface area contributed by atoms with Crippen LogP contribution < -0.4 is 28.1 Å². The summed E-state index contributed by atoms with van der Waals surface area (Å²) in [4.78, 5) is 0. The average Bonchev–Trinajstić information content (AvgIpc) is 3.53. The third-order valence-corrected chi connectivity index (χ3v) is 20.2. The first-order chi connectivity index (χ1) is 18.1. The molecule has 0 bridgehead atoms. The van der Waals surface area contributed by atoms with Crippen LogP contribution in [0.1, 0.15) is 82.2 Å². The van der Waals surface area contributed by atoms with Gasteiger partial charge in [-0.1, -0.05) is 0 Å². The van der Waals surface area contributed by atoms with Gasteiger partial charge < -0.3 is 24.8 Å². The molecule has 40 heavy (non-hydrogen) atoms. The second-order valence-corrected chi connectivity index (χ2v) is 22.3. The molecule has 0 nitrogen and oxygen atoms in total. The summed E-state index contributed by atoms with van der Waals surface area (Å²) in [6, 6.07) is 23.5. The molecule has 0 atom stereocenters. The maximum absolute atomic E-state index is 4.11. The summed E-state index contributed by atoms with van der Waals surface area (Å²) in [6.45, 7) is 18.3. The van der Waals surface area contributed by atoms with Crippen molar-refractivity contribution in [1.82, 2.24) is 0 Å². The smallest absolute Gasteiger partial charge is 1.00 e. The summed E-state index contributed by atoms with van der Waals surface area (Å²) < 4.78 is 4.06. The third kappa shape index (κ3) is 6.48. The van der Waals surface area contributed by atoms with E-state index in [9.17, 15) is 0 Å². The zero-order valence-electron chi connectivity index (χ0n) is 24.8. The average molecular weight is 736 g/mol. The predicted octanol–water partition coefficient (Wildman–Crippen LogP) is 3.21. The van der Waals surface area contributed by atoms with Crippen molar-refractivity contribution in [3.63, 3.8) is 0 Å². The number of hydrogen-bond donors (Lipinski definition) is 0. The van der Waals surface area contributed by atoms with Gasteiger partial charge in [0.15, 0.2) is 0 Å². The zero-order chi connectivity index (χ0) is 27.1. The van der Waals surface area contributed by atoms with Gasteiger partial charge in [0.25, 0.3) is 0 Å². The van der Waals surface area contributed by atoms with Crippen molar-refractivity contribution in [2.45, 2.75) is 75.3 Å². The molecule has 0 saturated heterocycles. The standard InChI is InChI=1S/C21H25.C11H12.C5H5.2ClH.Hf/c1-20(2,3)16-7-9-18-14(12-16)11-15-13-17(21(4,5)6)8-10-19(15)18;1-2-3-5-8-11-9-6-4-7-10-11;1-2-4-5-3-1;;;/h7-10,12H,11H2,1-6H3;2,4,6-7,9-10H,1,3,5H2;1-5H;2*1H;/q;;;;;+2/p-2. The van der Waals surface area contributed by atoms with Gasteiger partial charge in [-0.25, -0.2) is 0 Å². The zero-order valence-corrected chi connectivity index (χ0v) is 29.9. The molecule has 3 aromatic rings. The Hall–Kier alpha value is -1.80. The molecule has 0 aromatic heterocycles. The molecule has 2 aliphatic carbocycles. The molecule has 0 aliphatic heterocycles. The molecule has 208 valence electrons. The Bertz CT molecular complexity index is 1450. The van der Waals surface area contributed by atoms with E-state index in [0.717, 1.165) is 19.3 Å². The Kier molecular flexibility index (Phi) is 10.6. The molecule has 3 heteroatoms. The molecule has 0 heterocycles. The minimum absolute atomic E-state index is 0. The van der Waals surface area contributed by atoms with E-state index in [2.05, 4.69) is 139 Å². The van der Waals surface area contributed by atoms with Crippen molar-refractivity contribution in [1.29, 1.82) is 0 Å². The van der Waals surface area contributed by atoms with Crippen molar-refractivity contribution in [3.05, 3.63) is 125 Å². The molecule has 0 fully saturated rings. The van der Waals surface area contributed by atoms with Gasteiger partial charge in [0.1, 0.15) is 0 Å². The fraction of sp³-hybridized carbons (Fsp3) is 0.324. The molecule has 0 radical (unpaired) electrons. The Morgan fingerprint density at radius 1 is 0.850 bits per heavy atom. The maximum atomic E-state index is 4.11. The number of halogens is 2. The van der Waals surface area contributed by atoms with Crippen LogP contribution in [0.25, 0.3) is 11.1 Å². The molecule has 2 aliphatic rings. The summed E-state index contributed by atoms with van der Waals surface area (Å²) in [6.07, 6.45) is 14.9. The molecule has 3 aromatic carbocycles. The summed E-state index contributed by atoms with van der Waals surface area (Å²) in [5.74, 6) is 0. The van der Waals surface area contributed by atoms with Crippen LogP contribution in [-0.4, -0.2) is 3.26 Å². The van der Waals surface area contributed by atoms with Gasteiger partial charge in [-0.2, -0.15) is 0 Å². The van der Waals surface area contributed by atoms with Crippen molar-refractivity contribution in [3.8, 4) is 11.1 Å². The van der Waals surface area contributed by atoms with E-state index >= 15 is 0 Å². The number of hydrogen-bond acceptors (Lipinski definition) is 0. The maximum Gasteiger partial charge on any atom is -1.00 e. The minimum atomic E-state index is -2.73. The summed E-state index contributed by atoms with van der Waals surface area (Å²) in [5.41, 5.74) is 10.8. The number of rotatable bonds is 6. The fourth-order valence-electron chi connectivity index (χ4n) is 6.14. The summed E-state index contributed by atoms with van der Waals surface area (Å²) in [7, 11) is 0. The number of allylic oxidation sites excluding steroid dienone is 5. The van der Waals surface area contributed by atoms with Crippen LogP contribution in [0.3, 0.4) is 0 Å². The predicted molar refractivity (Wildman–Crippen MR) is 164 cm³/mol. The molecular formula is C37H42Cl2Hf. The van der Waals surface area contributed by atoms with Crippen LogP contribution in [-0.2, 0) is 38.2 Å². The van der Waals surface area contributed by atoms with Gasteiger partial charge in [-0.3, -0.25) is 0 Å². The largest absolute Gasteiger partial charge is 1.00 e. The molecule has 0 N–H and O–H groups in total. The van der Waals surface area contributed by atoms with Crippen molar-refractivity contribution in [2.75, 3.05) is 0 Å². The van der Waals surface area contributed by atoms with E-state index in [0.29, 0.717) is 3.67 Å². The molecule has 0 unspecified atom stereocenters. The first kappa shape index (κ1) is 32.7. The summed E-state index contributed by atoms with van der Waals surface area (Å²) in [5, 5.41) is 0. The molecule has 0 amide bonds. The van der Waals surface area contributed by atoms with Gasteiger partial charge in [0.2, 0.25) is 0 Å². The van der Waals surface area contributed by atoms with Gasteiger partial charge in [0.05, 0.1) is 0 Å². The monoisotopic (exact) mass is 736 g/mol. The van der Waals surface area contributed by atoms with Gasteiger partial charge in [-0.15, -0.1) is 0 Å². The molecule has 0 spiro atoms. The van der Waals surface area contributed by atoms with Crippen molar-refractivity contribution in [2.24, 2.45) is 0 Å². The van der Waals surface area contributed by atoms with E-state index in [1.54, 1.807) is 17.7 Å². The van der Waals surface area contributed by atoms with Crippen LogP contribution in [0.15, 0.2) is 97.6 Å². The molecule has 0 saturated carbocycles. The Morgan fingerprint density at radius 3 is 2.10 bits per heavy atom. The van der Waals surface area contributed by atoms with E-state index in [1.807, 2.05) is 0 Å². The van der Waals surface area contributed by atoms with Gasteiger partial charge in [-0.05, 0) is 0 Å². The van der Waals surface area contributed by atoms with E-state index in [-0.39, 0.29) is 35.6 Å². The topological polar surface area (TPSA) is 0 Å².